The van der Waals surface area contributed by atoms with E-state index in [0.717, 1.165) is 5.52 Å². The molecule has 0 amide bonds. The molecule has 1 aromatic carbocycles. The molecule has 0 aliphatic rings. The van der Waals surface area contributed by atoms with Crippen LogP contribution in [0.4, 0.5) is 5.95 Å². The Morgan fingerprint density at radius 1 is 1.35 bits per heavy atom. The van der Waals surface area contributed by atoms with E-state index in [1.54, 1.807) is 6.92 Å². The predicted molar refractivity (Wildman–Crippen MR) is 62.7 cm³/mol. The number of hydrogen-bond donors (Lipinski definition) is 2. The highest BCUT2D eigenvalue weighted by Gasteiger charge is 2.09. The molecule has 88 valence electrons. The number of nitrogens with zero attached hydrogens (tertiary/aromatic N) is 3. The molecule has 0 spiro atoms. The summed E-state index contributed by atoms with van der Waals surface area (Å²) in [4.78, 5) is 14.8. The number of rotatable bonds is 4. The van der Waals surface area contributed by atoms with E-state index in [1.807, 2.05) is 24.3 Å². The minimum Gasteiger partial charge on any atom is -0.481 e. The third-order valence-corrected chi connectivity index (χ3v) is 2.22. The largest absolute Gasteiger partial charge is 0.481 e. The summed E-state index contributed by atoms with van der Waals surface area (Å²) in [5.74, 6) is -0.517. The lowest BCUT2D eigenvalue weighted by Crippen LogP contribution is -2.20. The molecule has 0 fully saturated rings. The molecule has 6 nitrogen and oxygen atoms in total. The number of fused-ring (bicyclic) bond motifs is 1. The highest BCUT2D eigenvalue weighted by molar-refractivity contribution is 5.74. The number of aromatic nitrogens is 3. The van der Waals surface area contributed by atoms with E-state index < -0.39 is 5.97 Å². The first-order valence-corrected chi connectivity index (χ1v) is 5.23. The topological polar surface area (TPSA) is 88.0 Å². The average molecular weight is 232 g/mol. The van der Waals surface area contributed by atoms with Gasteiger partial charge in [0, 0.05) is 6.04 Å². The van der Waals surface area contributed by atoms with E-state index in [-0.39, 0.29) is 12.5 Å². The number of para-hydroxylation sites is 1. The third-order valence-electron chi connectivity index (χ3n) is 2.22. The Kier molecular flexibility index (Phi) is 3.13. The number of carbonyl (C=O) groups is 1. The summed E-state index contributed by atoms with van der Waals surface area (Å²) in [6.45, 7) is 1.76. The lowest BCUT2D eigenvalue weighted by atomic mass is 10.2. The van der Waals surface area contributed by atoms with Gasteiger partial charge in [-0.2, -0.15) is 0 Å². The van der Waals surface area contributed by atoms with Gasteiger partial charge in [-0.1, -0.05) is 12.1 Å². The molecule has 0 bridgehead atoms. The van der Waals surface area contributed by atoms with Crippen LogP contribution in [0.3, 0.4) is 0 Å². The Hall–Kier alpha value is -2.24. The van der Waals surface area contributed by atoms with Crippen molar-refractivity contribution in [1.82, 2.24) is 15.2 Å². The SMILES string of the molecule is CC(CC(=O)O)Nc1nnc2ccccc2n1. The molecule has 6 heteroatoms. The Morgan fingerprint density at radius 2 is 2.06 bits per heavy atom. The molecule has 0 aliphatic heterocycles. The predicted octanol–water partition coefficient (Wildman–Crippen LogP) is 1.30. The fourth-order valence-corrected chi connectivity index (χ4v) is 1.48. The maximum atomic E-state index is 10.5. The van der Waals surface area contributed by atoms with Crippen LogP contribution in [0.25, 0.3) is 11.0 Å². The minimum atomic E-state index is -0.862. The Bertz CT molecular complexity index is 544. The summed E-state index contributed by atoms with van der Waals surface area (Å²) >= 11 is 0. The first-order chi connectivity index (χ1) is 8.15. The van der Waals surface area contributed by atoms with Gasteiger partial charge >= 0.3 is 5.97 Å². The van der Waals surface area contributed by atoms with Crippen molar-refractivity contribution in [1.29, 1.82) is 0 Å². The van der Waals surface area contributed by atoms with Crippen LogP contribution in [0, 0.1) is 0 Å². The van der Waals surface area contributed by atoms with Gasteiger partial charge in [-0.25, -0.2) is 4.98 Å². The smallest absolute Gasteiger partial charge is 0.305 e. The highest BCUT2D eigenvalue weighted by Crippen LogP contribution is 2.09. The molecule has 1 aromatic heterocycles. The van der Waals surface area contributed by atoms with Gasteiger partial charge in [-0.3, -0.25) is 4.79 Å². The molecule has 2 aromatic rings. The van der Waals surface area contributed by atoms with Gasteiger partial charge in [0.2, 0.25) is 5.95 Å². The molecule has 2 rings (SSSR count). The molecule has 17 heavy (non-hydrogen) atoms. The number of benzene rings is 1. The monoisotopic (exact) mass is 232 g/mol. The van der Waals surface area contributed by atoms with Crippen LogP contribution in [-0.2, 0) is 4.79 Å². The van der Waals surface area contributed by atoms with E-state index in [4.69, 9.17) is 5.11 Å². The van der Waals surface area contributed by atoms with Crippen LogP contribution in [0.2, 0.25) is 0 Å². The number of anilines is 1. The fourth-order valence-electron chi connectivity index (χ4n) is 1.48. The Labute approximate surface area is 97.7 Å². The molecule has 0 saturated heterocycles. The standard InChI is InChI=1S/C11H12N4O2/c1-7(6-10(16)17)12-11-13-8-4-2-3-5-9(8)14-15-11/h2-5,7H,6H2,1H3,(H,16,17)(H,12,13,15). The summed E-state index contributed by atoms with van der Waals surface area (Å²) in [7, 11) is 0. The number of carboxylic acid groups (broad SMARTS) is 1. The molecule has 0 saturated carbocycles. The number of carboxylic acids is 1. The third kappa shape index (κ3) is 2.87. The van der Waals surface area contributed by atoms with E-state index in [0.29, 0.717) is 11.5 Å². The second kappa shape index (κ2) is 4.73. The number of hydrogen-bond acceptors (Lipinski definition) is 5. The lowest BCUT2D eigenvalue weighted by molar-refractivity contribution is -0.137. The normalized spacial score (nSPS) is 12.3. The van der Waals surface area contributed by atoms with Crippen molar-refractivity contribution in [3.63, 3.8) is 0 Å². The Balaban J connectivity index is 2.16. The quantitative estimate of drug-likeness (QED) is 0.826. The molecule has 1 unspecified atom stereocenters. The van der Waals surface area contributed by atoms with Crippen LogP contribution in [0.15, 0.2) is 24.3 Å². The van der Waals surface area contributed by atoms with Crippen LogP contribution in [-0.4, -0.2) is 32.3 Å². The summed E-state index contributed by atoms with van der Waals surface area (Å²) in [5.41, 5.74) is 1.44. The first kappa shape index (κ1) is 11.3. The summed E-state index contributed by atoms with van der Waals surface area (Å²) < 4.78 is 0. The van der Waals surface area contributed by atoms with Gasteiger partial charge in [-0.05, 0) is 19.1 Å². The molecular weight excluding hydrogens is 220 g/mol. The molecular formula is C11H12N4O2. The lowest BCUT2D eigenvalue weighted by Gasteiger charge is -2.10. The van der Waals surface area contributed by atoms with Crippen molar-refractivity contribution in [3.8, 4) is 0 Å². The van der Waals surface area contributed by atoms with Crippen molar-refractivity contribution in [2.24, 2.45) is 0 Å². The minimum absolute atomic E-state index is 0.0101. The fraction of sp³-hybridized carbons (Fsp3) is 0.273. The van der Waals surface area contributed by atoms with Gasteiger partial charge in [0.15, 0.2) is 0 Å². The molecule has 0 radical (unpaired) electrons. The van der Waals surface area contributed by atoms with Crippen molar-refractivity contribution < 1.29 is 9.90 Å². The van der Waals surface area contributed by atoms with Crippen molar-refractivity contribution in [3.05, 3.63) is 24.3 Å². The average Bonchev–Trinajstić information content (AvgIpc) is 2.27. The van der Waals surface area contributed by atoms with E-state index in [9.17, 15) is 4.79 Å². The second-order valence-electron chi connectivity index (χ2n) is 3.77. The van der Waals surface area contributed by atoms with Gasteiger partial charge in [0.25, 0.3) is 0 Å². The van der Waals surface area contributed by atoms with Gasteiger partial charge in [-0.15, -0.1) is 10.2 Å². The zero-order valence-electron chi connectivity index (χ0n) is 9.29. The highest BCUT2D eigenvalue weighted by atomic mass is 16.4. The Morgan fingerprint density at radius 3 is 2.76 bits per heavy atom. The molecule has 0 aliphatic carbocycles. The first-order valence-electron chi connectivity index (χ1n) is 5.23. The van der Waals surface area contributed by atoms with Crippen molar-refractivity contribution >= 4 is 23.0 Å². The van der Waals surface area contributed by atoms with Crippen molar-refractivity contribution in [2.45, 2.75) is 19.4 Å². The van der Waals surface area contributed by atoms with Crippen LogP contribution in [0.5, 0.6) is 0 Å². The molecule has 1 atom stereocenters. The second-order valence-corrected chi connectivity index (χ2v) is 3.77. The van der Waals surface area contributed by atoms with Gasteiger partial charge in [0.05, 0.1) is 11.9 Å². The van der Waals surface area contributed by atoms with Gasteiger partial charge in [0.1, 0.15) is 5.52 Å². The van der Waals surface area contributed by atoms with E-state index >= 15 is 0 Å². The van der Waals surface area contributed by atoms with Crippen LogP contribution >= 0.6 is 0 Å². The maximum Gasteiger partial charge on any atom is 0.305 e. The van der Waals surface area contributed by atoms with Crippen LogP contribution in [0.1, 0.15) is 13.3 Å². The summed E-state index contributed by atoms with van der Waals surface area (Å²) in [6.07, 6.45) is 0.0101. The van der Waals surface area contributed by atoms with E-state index in [2.05, 4.69) is 20.5 Å². The van der Waals surface area contributed by atoms with Crippen LogP contribution < -0.4 is 5.32 Å². The van der Waals surface area contributed by atoms with Crippen molar-refractivity contribution in [2.75, 3.05) is 5.32 Å². The van der Waals surface area contributed by atoms with Gasteiger partial charge < -0.3 is 10.4 Å². The molecule has 2 N–H and O–H groups in total. The van der Waals surface area contributed by atoms with E-state index in [1.165, 1.54) is 0 Å². The summed E-state index contributed by atoms with van der Waals surface area (Å²) in [6, 6.07) is 7.13. The molecule has 1 heterocycles. The summed E-state index contributed by atoms with van der Waals surface area (Å²) in [5, 5.41) is 19.4. The zero-order chi connectivity index (χ0) is 12.3. The number of nitrogens with one attached hydrogen (secondary N) is 1. The number of aliphatic carboxylic acids is 1. The zero-order valence-corrected chi connectivity index (χ0v) is 9.29. The maximum absolute atomic E-state index is 10.5.